The van der Waals surface area contributed by atoms with Gasteiger partial charge in [-0.15, -0.1) is 0 Å². The summed E-state index contributed by atoms with van der Waals surface area (Å²) in [5, 5.41) is 0. The first-order valence-corrected chi connectivity index (χ1v) is 17.2. The monoisotopic (exact) mass is 358 g/mol. The fourth-order valence-electron chi connectivity index (χ4n) is 1.63. The molecule has 86 valence electrons. The summed E-state index contributed by atoms with van der Waals surface area (Å²) in [4.78, 5) is 11.9. The minimum absolute atomic E-state index is 1.13. The van der Waals surface area contributed by atoms with E-state index < -0.39 is 18.4 Å². The second-order valence-corrected chi connectivity index (χ2v) is 23.2. The van der Waals surface area contributed by atoms with Crippen LogP contribution in [0.15, 0.2) is 24.3 Å². The van der Waals surface area contributed by atoms with Crippen LogP contribution in [0.4, 0.5) is 0 Å². The van der Waals surface area contributed by atoms with Crippen LogP contribution in [0.3, 0.4) is 0 Å². The van der Waals surface area contributed by atoms with Gasteiger partial charge in [-0.05, 0) is 0 Å². The fourth-order valence-corrected chi connectivity index (χ4v) is 9.13. The molecule has 0 unspecified atom stereocenters. The molecule has 0 aliphatic carbocycles. The molecule has 0 N–H and O–H groups in total. The van der Waals surface area contributed by atoms with Crippen molar-refractivity contribution in [2.45, 2.75) is 28.2 Å². The Hall–Kier alpha value is 0.199. The van der Waals surface area contributed by atoms with Gasteiger partial charge in [-0.2, -0.15) is 0 Å². The van der Waals surface area contributed by atoms with Crippen molar-refractivity contribution >= 4 is 43.9 Å². The summed E-state index contributed by atoms with van der Waals surface area (Å²) in [6, 6.07) is 9.19. The van der Waals surface area contributed by atoms with Gasteiger partial charge in [0.25, 0.3) is 0 Å². The Morgan fingerprint density at radius 3 is 2.06 bits per heavy atom. The summed E-state index contributed by atoms with van der Waals surface area (Å²) in [6.07, 6.45) is 1.13. The summed E-state index contributed by atoms with van der Waals surface area (Å²) < 4.78 is 1.69. The Balaban J connectivity index is 2.14. The van der Waals surface area contributed by atoms with Crippen LogP contribution in [0.25, 0.3) is 0 Å². The van der Waals surface area contributed by atoms with Crippen LogP contribution in [0.5, 0.6) is 0 Å². The standard InChI is InChI=1S/C10H9S2.3CH3.Sn/c1-8-4-5-10(12-8)7-9-3-2-6-11-9;;;;/h2-5H,7H2,1H3;3*1H3;. The second-order valence-electron chi connectivity index (χ2n) is 5.21. The molecule has 0 aliphatic rings. The van der Waals surface area contributed by atoms with Gasteiger partial charge in [0.2, 0.25) is 0 Å². The number of hydrogen-bond acceptors (Lipinski definition) is 2. The van der Waals surface area contributed by atoms with Gasteiger partial charge in [0, 0.05) is 0 Å². The van der Waals surface area contributed by atoms with Gasteiger partial charge in [-0.25, -0.2) is 0 Å². The van der Waals surface area contributed by atoms with Crippen molar-refractivity contribution in [3.05, 3.63) is 38.9 Å². The molecule has 0 spiro atoms. The molecule has 3 heteroatoms. The molecule has 0 radical (unpaired) electrons. The average molecular weight is 357 g/mol. The van der Waals surface area contributed by atoms with Gasteiger partial charge in [-0.3, -0.25) is 0 Å². The zero-order chi connectivity index (χ0) is 11.8. The third-order valence-electron chi connectivity index (χ3n) is 2.55. The molecule has 0 saturated heterocycles. The summed E-state index contributed by atoms with van der Waals surface area (Å²) in [7, 11) is 0. The number of aryl methyl sites for hydroxylation is 1. The van der Waals surface area contributed by atoms with Crippen LogP contribution in [-0.4, -0.2) is 18.4 Å². The first-order chi connectivity index (χ1) is 7.45. The molecule has 2 aromatic heterocycles. The SMILES string of the molecule is Cc1ccc(Cc2cc[c]([Sn]([CH3])([CH3])[CH3])s2)s1. The molecule has 0 aliphatic heterocycles. The molecular weight excluding hydrogens is 339 g/mol. The summed E-state index contributed by atoms with van der Waals surface area (Å²) in [5.74, 6) is 0. The zero-order valence-electron chi connectivity index (χ0n) is 10.3. The Labute approximate surface area is 110 Å². The van der Waals surface area contributed by atoms with E-state index in [0.29, 0.717) is 0 Å². The van der Waals surface area contributed by atoms with E-state index in [-0.39, 0.29) is 0 Å². The second kappa shape index (κ2) is 4.83. The van der Waals surface area contributed by atoms with E-state index in [2.05, 4.69) is 46.0 Å². The van der Waals surface area contributed by atoms with Gasteiger partial charge in [0.1, 0.15) is 0 Å². The van der Waals surface area contributed by atoms with Crippen molar-refractivity contribution in [1.82, 2.24) is 0 Å². The number of thiophene rings is 2. The van der Waals surface area contributed by atoms with E-state index in [9.17, 15) is 0 Å². The van der Waals surface area contributed by atoms with Crippen molar-refractivity contribution in [2.24, 2.45) is 0 Å². The van der Waals surface area contributed by atoms with Gasteiger partial charge in [0.15, 0.2) is 0 Å². The predicted octanol–water partition coefficient (Wildman–Crippen LogP) is 4.25. The van der Waals surface area contributed by atoms with Crippen LogP contribution in [0.1, 0.15) is 14.6 Å². The van der Waals surface area contributed by atoms with Crippen LogP contribution in [0, 0.1) is 6.92 Å². The van der Waals surface area contributed by atoms with E-state index in [0.717, 1.165) is 6.42 Å². The zero-order valence-corrected chi connectivity index (χ0v) is 14.8. The van der Waals surface area contributed by atoms with Crippen molar-refractivity contribution in [1.29, 1.82) is 0 Å². The average Bonchev–Trinajstić information content (AvgIpc) is 2.74. The third kappa shape index (κ3) is 3.11. The molecule has 16 heavy (non-hydrogen) atoms. The van der Waals surface area contributed by atoms with Gasteiger partial charge < -0.3 is 0 Å². The summed E-state index contributed by atoms with van der Waals surface area (Å²) in [6.45, 7) is 2.18. The van der Waals surface area contributed by atoms with Crippen molar-refractivity contribution in [2.75, 3.05) is 0 Å². The Morgan fingerprint density at radius 1 is 0.938 bits per heavy atom. The molecule has 0 saturated carbocycles. The normalized spacial score (nSPS) is 12.0. The quantitative estimate of drug-likeness (QED) is 0.721. The van der Waals surface area contributed by atoms with E-state index in [1.54, 1.807) is 2.89 Å². The molecule has 0 amide bonds. The first kappa shape index (κ1) is 12.7. The van der Waals surface area contributed by atoms with Crippen molar-refractivity contribution in [3.63, 3.8) is 0 Å². The van der Waals surface area contributed by atoms with Crippen LogP contribution in [-0.2, 0) is 6.42 Å². The molecular formula is C13H18S2Sn. The molecule has 0 bridgehead atoms. The first-order valence-electron chi connectivity index (χ1n) is 5.59. The fraction of sp³-hybridized carbons (Fsp3) is 0.385. The molecule has 2 rings (SSSR count). The summed E-state index contributed by atoms with van der Waals surface area (Å²) >= 11 is 2.15. The number of rotatable bonds is 3. The van der Waals surface area contributed by atoms with Gasteiger partial charge in [-0.1, -0.05) is 0 Å². The van der Waals surface area contributed by atoms with E-state index in [4.69, 9.17) is 0 Å². The van der Waals surface area contributed by atoms with E-state index in [1.165, 1.54) is 14.6 Å². The van der Waals surface area contributed by atoms with Crippen molar-refractivity contribution < 1.29 is 0 Å². The van der Waals surface area contributed by atoms with Gasteiger partial charge in [0.05, 0.1) is 0 Å². The molecule has 0 aromatic carbocycles. The van der Waals surface area contributed by atoms with E-state index >= 15 is 0 Å². The van der Waals surface area contributed by atoms with Crippen LogP contribution < -0.4 is 2.89 Å². The maximum atomic E-state index is 2.49. The van der Waals surface area contributed by atoms with E-state index in [1.807, 2.05) is 22.7 Å². The topological polar surface area (TPSA) is 0 Å². The molecule has 0 atom stereocenters. The molecule has 2 aromatic rings. The maximum absolute atomic E-state index is 2.49. The Bertz CT molecular complexity index is 474. The Kier molecular flexibility index (Phi) is 3.82. The molecule has 0 nitrogen and oxygen atoms in total. The third-order valence-corrected chi connectivity index (χ3v) is 14.1. The minimum atomic E-state index is -1.81. The predicted molar refractivity (Wildman–Crippen MR) is 79.2 cm³/mol. The van der Waals surface area contributed by atoms with Crippen molar-refractivity contribution in [3.8, 4) is 0 Å². The Morgan fingerprint density at radius 2 is 1.56 bits per heavy atom. The van der Waals surface area contributed by atoms with Crippen LogP contribution in [0.2, 0.25) is 14.8 Å². The molecule has 2 heterocycles. The molecule has 0 fully saturated rings. The number of hydrogen-bond donors (Lipinski definition) is 0. The van der Waals surface area contributed by atoms with Crippen LogP contribution >= 0.6 is 22.7 Å². The van der Waals surface area contributed by atoms with Gasteiger partial charge >= 0.3 is 111 Å². The summed E-state index contributed by atoms with van der Waals surface area (Å²) in [5.41, 5.74) is 0.